The Morgan fingerprint density at radius 2 is 2.15 bits per heavy atom. The number of nitrogens with one attached hydrogen (secondary N) is 1. The van der Waals surface area contributed by atoms with E-state index < -0.39 is 0 Å². The molecule has 0 bridgehead atoms. The summed E-state index contributed by atoms with van der Waals surface area (Å²) < 4.78 is 1.48. The van der Waals surface area contributed by atoms with Gasteiger partial charge in [0.25, 0.3) is 0 Å². The second-order valence-corrected chi connectivity index (χ2v) is 7.24. The molecule has 140 valence electrons. The first-order valence-corrected chi connectivity index (χ1v) is 9.49. The first-order valence-electron chi connectivity index (χ1n) is 9.49. The number of imidazole rings is 1. The minimum Gasteiger partial charge on any atom is -0.348 e. The first kappa shape index (κ1) is 17.1. The van der Waals surface area contributed by atoms with Crippen molar-refractivity contribution in [3.05, 3.63) is 24.0 Å². The van der Waals surface area contributed by atoms with E-state index in [2.05, 4.69) is 32.3 Å². The van der Waals surface area contributed by atoms with Gasteiger partial charge in [-0.3, -0.25) is 9.69 Å². The summed E-state index contributed by atoms with van der Waals surface area (Å²) in [5.74, 6) is 0.0744. The van der Waals surface area contributed by atoms with Gasteiger partial charge < -0.3 is 9.88 Å². The number of aromatic amines is 1. The second kappa shape index (κ2) is 7.14. The average Bonchev–Trinajstić information content (AvgIpc) is 3.34. The van der Waals surface area contributed by atoms with Crippen LogP contribution in [-0.2, 0) is 23.3 Å². The van der Waals surface area contributed by atoms with Crippen molar-refractivity contribution in [1.82, 2.24) is 40.0 Å². The quantitative estimate of drug-likeness (QED) is 0.840. The molecule has 0 aliphatic carbocycles. The molecule has 1 spiro atoms. The van der Waals surface area contributed by atoms with E-state index in [0.29, 0.717) is 0 Å². The molecule has 2 aromatic rings. The molecule has 4 rings (SSSR count). The van der Waals surface area contributed by atoms with Gasteiger partial charge in [-0.15, -0.1) is 5.10 Å². The molecule has 2 aliphatic rings. The normalized spacial score (nSPS) is 19.7. The fourth-order valence-electron chi connectivity index (χ4n) is 4.37. The molecule has 0 radical (unpaired) electrons. The van der Waals surface area contributed by atoms with Gasteiger partial charge in [-0.25, -0.2) is 9.67 Å². The third-order valence-electron chi connectivity index (χ3n) is 5.81. The number of amides is 1. The number of hydrogen-bond acceptors (Lipinski definition) is 6. The predicted molar refractivity (Wildman–Crippen MR) is 94.1 cm³/mol. The van der Waals surface area contributed by atoms with Crippen molar-refractivity contribution in [1.29, 1.82) is 0 Å². The van der Waals surface area contributed by atoms with Crippen molar-refractivity contribution in [3.8, 4) is 0 Å². The maximum Gasteiger partial charge on any atom is 0.244 e. The van der Waals surface area contributed by atoms with Crippen LogP contribution < -0.4 is 0 Å². The van der Waals surface area contributed by atoms with Crippen LogP contribution in [0.4, 0.5) is 0 Å². The van der Waals surface area contributed by atoms with Gasteiger partial charge in [0, 0.05) is 31.7 Å². The Labute approximate surface area is 152 Å². The fraction of sp³-hybridized carbons (Fsp3) is 0.706. The molecule has 0 atom stereocenters. The second-order valence-electron chi connectivity index (χ2n) is 7.24. The van der Waals surface area contributed by atoms with Crippen LogP contribution >= 0.6 is 0 Å². The van der Waals surface area contributed by atoms with Gasteiger partial charge in [-0.1, -0.05) is 13.3 Å². The van der Waals surface area contributed by atoms with Crippen molar-refractivity contribution >= 4 is 5.91 Å². The van der Waals surface area contributed by atoms with E-state index in [0.717, 1.165) is 45.4 Å². The van der Waals surface area contributed by atoms with Crippen molar-refractivity contribution in [2.24, 2.45) is 0 Å². The van der Waals surface area contributed by atoms with Gasteiger partial charge in [0.2, 0.25) is 5.91 Å². The predicted octanol–water partition coefficient (Wildman–Crippen LogP) is 0.572. The summed E-state index contributed by atoms with van der Waals surface area (Å²) in [6.07, 6.45) is 8.58. The van der Waals surface area contributed by atoms with E-state index >= 15 is 0 Å². The summed E-state index contributed by atoms with van der Waals surface area (Å²) in [6, 6.07) is 0. The number of carbonyl (C=O) groups excluding carboxylic acids is 1. The summed E-state index contributed by atoms with van der Waals surface area (Å²) in [4.78, 5) is 25.1. The first-order chi connectivity index (χ1) is 12.7. The molecule has 1 fully saturated rings. The number of rotatable bonds is 5. The molecule has 1 amide bonds. The smallest absolute Gasteiger partial charge is 0.244 e. The number of nitrogens with zero attached hydrogens (tertiary/aromatic N) is 7. The van der Waals surface area contributed by atoms with Crippen molar-refractivity contribution in [2.75, 3.05) is 26.2 Å². The lowest BCUT2D eigenvalue weighted by Gasteiger charge is -2.50. The zero-order valence-electron chi connectivity index (χ0n) is 15.3. The highest BCUT2D eigenvalue weighted by atomic mass is 16.2. The fourth-order valence-corrected chi connectivity index (χ4v) is 4.37. The molecule has 9 heteroatoms. The van der Waals surface area contributed by atoms with E-state index in [9.17, 15) is 4.79 Å². The summed E-state index contributed by atoms with van der Waals surface area (Å²) in [5, 5.41) is 11.0. The van der Waals surface area contributed by atoms with Crippen LogP contribution in [0.3, 0.4) is 0 Å². The van der Waals surface area contributed by atoms with E-state index in [4.69, 9.17) is 4.98 Å². The standard InChI is InChI=1S/C17H26N8O/c1-2-3-7-24-8-4-14-16(19-12-18-14)17(24)5-9-23(10-6-17)15(26)11-25-13-20-21-22-25/h12-13H,2-11H2,1H3,(H,18,19). The largest absolute Gasteiger partial charge is 0.348 e. The van der Waals surface area contributed by atoms with Gasteiger partial charge in [-0.05, 0) is 36.2 Å². The van der Waals surface area contributed by atoms with Crippen molar-refractivity contribution < 1.29 is 4.79 Å². The monoisotopic (exact) mass is 358 g/mol. The lowest BCUT2D eigenvalue weighted by molar-refractivity contribution is -0.135. The number of tetrazole rings is 1. The molecule has 1 saturated heterocycles. The van der Waals surface area contributed by atoms with Crippen LogP contribution in [0.2, 0.25) is 0 Å². The maximum absolute atomic E-state index is 12.6. The Morgan fingerprint density at radius 3 is 2.88 bits per heavy atom. The number of fused-ring (bicyclic) bond motifs is 2. The zero-order chi connectivity index (χ0) is 18.0. The molecule has 0 saturated carbocycles. The van der Waals surface area contributed by atoms with E-state index in [1.54, 1.807) is 0 Å². The van der Waals surface area contributed by atoms with Crippen LogP contribution in [-0.4, -0.2) is 72.1 Å². The van der Waals surface area contributed by atoms with Crippen molar-refractivity contribution in [2.45, 2.75) is 51.1 Å². The third-order valence-corrected chi connectivity index (χ3v) is 5.81. The van der Waals surface area contributed by atoms with Gasteiger partial charge in [0.15, 0.2) is 0 Å². The van der Waals surface area contributed by atoms with Gasteiger partial charge in [0.05, 0.1) is 17.6 Å². The highest BCUT2D eigenvalue weighted by molar-refractivity contribution is 5.76. The van der Waals surface area contributed by atoms with Crippen LogP contribution in [0.25, 0.3) is 0 Å². The van der Waals surface area contributed by atoms with E-state index in [1.165, 1.54) is 35.2 Å². The molecule has 9 nitrogen and oxygen atoms in total. The average molecular weight is 358 g/mol. The molecular weight excluding hydrogens is 332 g/mol. The number of carbonyl (C=O) groups is 1. The molecule has 0 unspecified atom stereocenters. The molecule has 0 aromatic carbocycles. The van der Waals surface area contributed by atoms with Crippen molar-refractivity contribution in [3.63, 3.8) is 0 Å². The Morgan fingerprint density at radius 1 is 1.31 bits per heavy atom. The molecule has 26 heavy (non-hydrogen) atoms. The Bertz CT molecular complexity index is 732. The zero-order valence-corrected chi connectivity index (χ0v) is 15.3. The van der Waals surface area contributed by atoms with Gasteiger partial charge in [0.1, 0.15) is 12.9 Å². The third kappa shape index (κ3) is 3.00. The number of piperidine rings is 1. The number of unbranched alkanes of at least 4 members (excludes halogenated alkanes) is 1. The van der Waals surface area contributed by atoms with Crippen LogP contribution in [0, 0.1) is 0 Å². The Kier molecular flexibility index (Phi) is 4.71. The minimum absolute atomic E-state index is 0.0334. The summed E-state index contributed by atoms with van der Waals surface area (Å²) in [5.41, 5.74) is 2.44. The summed E-state index contributed by atoms with van der Waals surface area (Å²) in [6.45, 7) is 6.09. The summed E-state index contributed by atoms with van der Waals surface area (Å²) in [7, 11) is 0. The Balaban J connectivity index is 1.49. The topological polar surface area (TPSA) is 95.8 Å². The number of hydrogen-bond donors (Lipinski definition) is 1. The van der Waals surface area contributed by atoms with Crippen LogP contribution in [0.1, 0.15) is 44.0 Å². The highest BCUT2D eigenvalue weighted by Gasteiger charge is 2.46. The van der Waals surface area contributed by atoms with E-state index in [-0.39, 0.29) is 18.0 Å². The maximum atomic E-state index is 12.6. The summed E-state index contributed by atoms with van der Waals surface area (Å²) >= 11 is 0. The molecule has 2 aromatic heterocycles. The molecule has 4 heterocycles. The minimum atomic E-state index is -0.0334. The lowest BCUT2D eigenvalue weighted by Crippen LogP contribution is -2.57. The van der Waals surface area contributed by atoms with E-state index in [1.807, 2.05) is 11.2 Å². The number of likely N-dealkylation sites (tertiary alicyclic amines) is 1. The highest BCUT2D eigenvalue weighted by Crippen LogP contribution is 2.42. The number of H-pyrrole nitrogens is 1. The van der Waals surface area contributed by atoms with Gasteiger partial charge in [-0.2, -0.15) is 0 Å². The molecular formula is C17H26N8O. The SMILES string of the molecule is CCCCN1CCc2[nH]cnc2C12CCN(C(=O)Cn1cnnn1)CC2. The lowest BCUT2D eigenvalue weighted by atomic mass is 9.78. The van der Waals surface area contributed by atoms with Crippen LogP contribution in [0.15, 0.2) is 12.7 Å². The Hall–Kier alpha value is -2.29. The molecule has 2 aliphatic heterocycles. The van der Waals surface area contributed by atoms with Gasteiger partial charge >= 0.3 is 0 Å². The number of aromatic nitrogens is 6. The van der Waals surface area contributed by atoms with Crippen LogP contribution in [0.5, 0.6) is 0 Å². The molecule has 1 N–H and O–H groups in total.